The number of methoxy groups -OCH3 is 2. The van der Waals surface area contributed by atoms with Gasteiger partial charge in [-0.15, -0.1) is 0 Å². The summed E-state index contributed by atoms with van der Waals surface area (Å²) in [7, 11) is 2.76. The molecule has 2 unspecified atom stereocenters. The standard InChI is InChI=1S/C27H27FN2O7S/c1-16(31)36-25-20(34-2)11-12-29-24(25)27(33)30-15-23(32)37-22(26(38)17-7-5-4-6-8-17)13-18-9-10-19(28)14-21(18)35-3/h4-12,14,22,26,38H,13,15H2,1-3H3,(H,30,33). The highest BCUT2D eigenvalue weighted by atomic mass is 32.1. The van der Waals surface area contributed by atoms with Gasteiger partial charge in [-0.05, 0) is 17.2 Å². The van der Waals surface area contributed by atoms with Crippen molar-refractivity contribution in [3.8, 4) is 17.2 Å². The first kappa shape index (κ1) is 28.5. The minimum Gasteiger partial charge on any atom is -0.496 e. The van der Waals surface area contributed by atoms with Crippen molar-refractivity contribution >= 4 is 30.5 Å². The molecule has 2 atom stereocenters. The molecule has 1 aromatic heterocycles. The van der Waals surface area contributed by atoms with Crippen LogP contribution in [0.3, 0.4) is 0 Å². The van der Waals surface area contributed by atoms with E-state index in [1.165, 1.54) is 45.5 Å². The lowest BCUT2D eigenvalue weighted by Crippen LogP contribution is -2.35. The van der Waals surface area contributed by atoms with Gasteiger partial charge in [0.2, 0.25) is 5.75 Å². The Morgan fingerprint density at radius 3 is 2.39 bits per heavy atom. The number of rotatable bonds is 11. The van der Waals surface area contributed by atoms with Crippen LogP contribution in [0.5, 0.6) is 17.2 Å². The maximum atomic E-state index is 13.7. The summed E-state index contributed by atoms with van der Waals surface area (Å²) in [6.45, 7) is 0.659. The maximum Gasteiger partial charge on any atom is 0.325 e. The Kier molecular flexibility index (Phi) is 10.1. The predicted octanol–water partition coefficient (Wildman–Crippen LogP) is 3.72. The van der Waals surface area contributed by atoms with E-state index in [1.807, 2.05) is 30.3 Å². The number of nitrogens with zero attached hydrogens (tertiary/aromatic N) is 1. The topological polar surface area (TPSA) is 113 Å². The molecule has 3 aromatic rings. The van der Waals surface area contributed by atoms with E-state index in [0.29, 0.717) is 11.3 Å². The first-order chi connectivity index (χ1) is 18.2. The second-order valence-corrected chi connectivity index (χ2v) is 8.57. The molecule has 38 heavy (non-hydrogen) atoms. The Morgan fingerprint density at radius 1 is 1.03 bits per heavy atom. The summed E-state index contributed by atoms with van der Waals surface area (Å²) in [5.74, 6) is -2.42. The molecule has 0 aliphatic heterocycles. The highest BCUT2D eigenvalue weighted by Crippen LogP contribution is 2.32. The second kappa shape index (κ2) is 13.4. The summed E-state index contributed by atoms with van der Waals surface area (Å²) >= 11 is 4.68. The Labute approximate surface area is 224 Å². The number of esters is 2. The summed E-state index contributed by atoms with van der Waals surface area (Å²) < 4.78 is 34.9. The van der Waals surface area contributed by atoms with E-state index in [0.717, 1.165) is 5.56 Å². The molecular weight excluding hydrogens is 515 g/mol. The van der Waals surface area contributed by atoms with E-state index in [4.69, 9.17) is 18.9 Å². The van der Waals surface area contributed by atoms with E-state index in [9.17, 15) is 18.8 Å². The molecule has 0 aliphatic rings. The van der Waals surface area contributed by atoms with Gasteiger partial charge in [0, 0.05) is 31.7 Å². The smallest absolute Gasteiger partial charge is 0.325 e. The van der Waals surface area contributed by atoms with Gasteiger partial charge in [-0.1, -0.05) is 36.4 Å². The van der Waals surface area contributed by atoms with Gasteiger partial charge in [-0.2, -0.15) is 12.6 Å². The van der Waals surface area contributed by atoms with Crippen molar-refractivity contribution in [2.24, 2.45) is 0 Å². The third kappa shape index (κ3) is 7.45. The van der Waals surface area contributed by atoms with Gasteiger partial charge in [0.1, 0.15) is 24.2 Å². The van der Waals surface area contributed by atoms with E-state index >= 15 is 0 Å². The van der Waals surface area contributed by atoms with Gasteiger partial charge in [0.25, 0.3) is 5.91 Å². The van der Waals surface area contributed by atoms with E-state index < -0.39 is 41.6 Å². The maximum absolute atomic E-state index is 13.7. The number of nitrogens with one attached hydrogen (secondary N) is 1. The first-order valence-corrected chi connectivity index (χ1v) is 12.0. The van der Waals surface area contributed by atoms with Crippen molar-refractivity contribution < 1.29 is 37.7 Å². The fourth-order valence-electron chi connectivity index (χ4n) is 3.63. The van der Waals surface area contributed by atoms with Crippen molar-refractivity contribution in [3.63, 3.8) is 0 Å². The number of thiol groups is 1. The second-order valence-electron chi connectivity index (χ2n) is 8.01. The Balaban J connectivity index is 1.77. The number of benzene rings is 2. The number of hydrogen-bond acceptors (Lipinski definition) is 9. The molecule has 0 radical (unpaired) electrons. The number of hydrogen-bond donors (Lipinski definition) is 2. The van der Waals surface area contributed by atoms with Crippen LogP contribution in [0, 0.1) is 5.82 Å². The van der Waals surface area contributed by atoms with Gasteiger partial charge in [-0.3, -0.25) is 14.4 Å². The molecule has 3 rings (SSSR count). The Morgan fingerprint density at radius 2 is 1.74 bits per heavy atom. The highest BCUT2D eigenvalue weighted by molar-refractivity contribution is 7.80. The zero-order valence-electron chi connectivity index (χ0n) is 21.0. The number of amides is 1. The van der Waals surface area contributed by atoms with Crippen molar-refractivity contribution in [1.29, 1.82) is 0 Å². The normalized spacial score (nSPS) is 12.1. The Hall–Kier alpha value is -4.12. The van der Waals surface area contributed by atoms with Crippen LogP contribution in [-0.4, -0.2) is 49.7 Å². The molecule has 1 N–H and O–H groups in total. The third-order valence-electron chi connectivity index (χ3n) is 5.39. The highest BCUT2D eigenvalue weighted by Gasteiger charge is 2.27. The molecule has 9 nitrogen and oxygen atoms in total. The number of halogens is 1. The molecule has 0 aliphatic carbocycles. The van der Waals surface area contributed by atoms with Crippen LogP contribution in [0.15, 0.2) is 60.8 Å². The molecule has 0 saturated heterocycles. The van der Waals surface area contributed by atoms with Gasteiger partial charge in [0.15, 0.2) is 11.4 Å². The average molecular weight is 543 g/mol. The largest absolute Gasteiger partial charge is 0.496 e. The number of carbonyl (C=O) groups is 3. The number of carbonyl (C=O) groups excluding carboxylic acids is 3. The van der Waals surface area contributed by atoms with Crippen molar-refractivity contribution in [1.82, 2.24) is 10.3 Å². The lowest BCUT2D eigenvalue weighted by Gasteiger charge is -2.25. The van der Waals surface area contributed by atoms with E-state index in [-0.39, 0.29) is 23.6 Å². The zero-order chi connectivity index (χ0) is 27.7. The molecule has 0 bridgehead atoms. The van der Waals surface area contributed by atoms with Crippen LogP contribution in [0.4, 0.5) is 4.39 Å². The van der Waals surface area contributed by atoms with Gasteiger partial charge < -0.3 is 24.3 Å². The van der Waals surface area contributed by atoms with Crippen LogP contribution >= 0.6 is 12.6 Å². The van der Waals surface area contributed by atoms with Crippen molar-refractivity contribution in [2.45, 2.75) is 24.7 Å². The molecule has 0 spiro atoms. The van der Waals surface area contributed by atoms with Crippen molar-refractivity contribution in [2.75, 3.05) is 20.8 Å². The number of aromatic nitrogens is 1. The minimum atomic E-state index is -0.795. The fourth-order valence-corrected chi connectivity index (χ4v) is 3.97. The van der Waals surface area contributed by atoms with E-state index in [1.54, 1.807) is 6.07 Å². The lowest BCUT2D eigenvalue weighted by atomic mass is 9.99. The molecule has 0 fully saturated rings. The summed E-state index contributed by atoms with van der Waals surface area (Å²) in [5, 5.41) is 1.88. The summed E-state index contributed by atoms with van der Waals surface area (Å²) in [5.41, 5.74) is 1.17. The predicted molar refractivity (Wildman–Crippen MR) is 139 cm³/mol. The van der Waals surface area contributed by atoms with Crippen LogP contribution in [0.2, 0.25) is 0 Å². The quantitative estimate of drug-likeness (QED) is 0.279. The molecule has 2 aromatic carbocycles. The van der Waals surface area contributed by atoms with Crippen molar-refractivity contribution in [3.05, 3.63) is 83.4 Å². The van der Waals surface area contributed by atoms with Crippen LogP contribution in [0.25, 0.3) is 0 Å². The first-order valence-electron chi connectivity index (χ1n) is 11.5. The van der Waals surface area contributed by atoms with Crippen LogP contribution < -0.4 is 19.5 Å². The third-order valence-corrected chi connectivity index (χ3v) is 6.02. The molecule has 1 amide bonds. The molecular formula is C27H27FN2O7S. The molecule has 11 heteroatoms. The summed E-state index contributed by atoms with van der Waals surface area (Å²) in [4.78, 5) is 41.0. The zero-order valence-corrected chi connectivity index (χ0v) is 21.9. The molecule has 200 valence electrons. The van der Waals surface area contributed by atoms with Crippen LogP contribution in [-0.2, 0) is 20.7 Å². The van der Waals surface area contributed by atoms with Gasteiger partial charge in [-0.25, -0.2) is 9.37 Å². The fraction of sp³-hybridized carbons (Fsp3) is 0.259. The Bertz CT molecular complexity index is 1290. The molecule has 1 heterocycles. The van der Waals surface area contributed by atoms with E-state index in [2.05, 4.69) is 22.9 Å². The average Bonchev–Trinajstić information content (AvgIpc) is 2.92. The number of pyridine rings is 1. The van der Waals surface area contributed by atoms with Gasteiger partial charge >= 0.3 is 11.9 Å². The SMILES string of the molecule is COc1cc(F)ccc1CC(OC(=O)CNC(=O)c1nccc(OC)c1OC(C)=O)C(S)c1ccccc1. The lowest BCUT2D eigenvalue weighted by molar-refractivity contribution is -0.147. The van der Waals surface area contributed by atoms with Crippen LogP contribution in [0.1, 0.15) is 33.8 Å². The number of ether oxygens (including phenoxy) is 4. The van der Waals surface area contributed by atoms with Gasteiger partial charge in [0.05, 0.1) is 19.5 Å². The molecule has 0 saturated carbocycles. The monoisotopic (exact) mass is 542 g/mol. The summed E-state index contributed by atoms with van der Waals surface area (Å²) in [6.07, 6.45) is 0.674. The minimum absolute atomic E-state index is 0.122. The summed E-state index contributed by atoms with van der Waals surface area (Å²) in [6, 6.07) is 14.7.